The van der Waals surface area contributed by atoms with Crippen molar-refractivity contribution in [3.05, 3.63) is 39.4 Å². The lowest BCUT2D eigenvalue weighted by atomic mass is 10.1. The van der Waals surface area contributed by atoms with E-state index in [9.17, 15) is 10.1 Å². The largest absolute Gasteiger partial charge is 0.381 e. The van der Waals surface area contributed by atoms with Crippen LogP contribution >= 0.6 is 0 Å². The molecule has 0 aromatic heterocycles. The van der Waals surface area contributed by atoms with Crippen LogP contribution in [-0.4, -0.2) is 24.7 Å². The molecule has 0 aliphatic heterocycles. The molecule has 19 heavy (non-hydrogen) atoms. The summed E-state index contributed by atoms with van der Waals surface area (Å²) >= 11 is 0. The maximum atomic E-state index is 10.8. The number of ether oxygens (including phenoxy) is 1. The molecular weight excluding hydrogens is 244 g/mol. The van der Waals surface area contributed by atoms with Crippen LogP contribution in [0.5, 0.6) is 0 Å². The van der Waals surface area contributed by atoms with Crippen molar-refractivity contribution in [2.45, 2.75) is 33.2 Å². The van der Waals surface area contributed by atoms with E-state index in [0.717, 1.165) is 43.7 Å². The van der Waals surface area contributed by atoms with Crippen molar-refractivity contribution in [1.29, 1.82) is 0 Å². The lowest BCUT2D eigenvalue weighted by molar-refractivity contribution is -0.385. The summed E-state index contributed by atoms with van der Waals surface area (Å²) in [5.74, 6) is 0. The van der Waals surface area contributed by atoms with E-state index in [0.29, 0.717) is 6.54 Å². The van der Waals surface area contributed by atoms with Crippen LogP contribution in [0, 0.1) is 17.0 Å². The van der Waals surface area contributed by atoms with E-state index in [2.05, 4.69) is 12.2 Å². The molecule has 0 fully saturated rings. The monoisotopic (exact) mass is 266 g/mol. The molecule has 1 N–H and O–H groups in total. The number of nitrogens with one attached hydrogen (secondary N) is 1. The molecule has 1 aromatic rings. The third-order valence-corrected chi connectivity index (χ3v) is 2.92. The molecule has 0 bridgehead atoms. The summed E-state index contributed by atoms with van der Waals surface area (Å²) in [6.45, 7) is 6.95. The first-order valence-electron chi connectivity index (χ1n) is 6.68. The third kappa shape index (κ3) is 5.36. The Morgan fingerprint density at radius 3 is 2.84 bits per heavy atom. The molecule has 1 aromatic carbocycles. The van der Waals surface area contributed by atoms with Crippen molar-refractivity contribution >= 4 is 5.69 Å². The van der Waals surface area contributed by atoms with Crippen molar-refractivity contribution in [3.8, 4) is 0 Å². The van der Waals surface area contributed by atoms with Crippen LogP contribution in [0.25, 0.3) is 0 Å². The van der Waals surface area contributed by atoms with Gasteiger partial charge in [-0.3, -0.25) is 10.1 Å². The summed E-state index contributed by atoms with van der Waals surface area (Å²) < 4.78 is 5.38. The van der Waals surface area contributed by atoms with E-state index in [1.54, 1.807) is 13.0 Å². The Balaban J connectivity index is 2.33. The van der Waals surface area contributed by atoms with Crippen LogP contribution in [0.4, 0.5) is 5.69 Å². The Morgan fingerprint density at radius 2 is 2.16 bits per heavy atom. The van der Waals surface area contributed by atoms with Gasteiger partial charge < -0.3 is 10.1 Å². The number of nitrogens with zero attached hydrogens (tertiary/aromatic N) is 1. The number of nitro benzene ring substituents is 1. The second kappa shape index (κ2) is 8.61. The van der Waals surface area contributed by atoms with Crippen molar-refractivity contribution in [3.63, 3.8) is 0 Å². The Morgan fingerprint density at radius 1 is 1.37 bits per heavy atom. The normalized spacial score (nSPS) is 10.6. The second-order valence-electron chi connectivity index (χ2n) is 4.46. The molecule has 0 aliphatic rings. The van der Waals surface area contributed by atoms with E-state index < -0.39 is 0 Å². The van der Waals surface area contributed by atoms with Crippen molar-refractivity contribution < 1.29 is 9.66 Å². The maximum Gasteiger partial charge on any atom is 0.272 e. The van der Waals surface area contributed by atoms with Crippen LogP contribution in [0.3, 0.4) is 0 Å². The molecule has 1 rings (SSSR count). The van der Waals surface area contributed by atoms with Crippen LogP contribution in [-0.2, 0) is 11.3 Å². The predicted octanol–water partition coefficient (Wildman–Crippen LogP) is 2.81. The van der Waals surface area contributed by atoms with Gasteiger partial charge in [-0.1, -0.05) is 19.1 Å². The van der Waals surface area contributed by atoms with Gasteiger partial charge in [0.2, 0.25) is 0 Å². The molecule has 0 unspecified atom stereocenters. The first-order chi connectivity index (χ1) is 9.16. The summed E-state index contributed by atoms with van der Waals surface area (Å²) in [6.07, 6.45) is 1.99. The average molecular weight is 266 g/mol. The molecule has 0 spiro atoms. The van der Waals surface area contributed by atoms with Crippen LogP contribution in [0.1, 0.15) is 30.9 Å². The molecule has 106 valence electrons. The SMILES string of the molecule is CCCOCCCNCc1cccc([N+](=O)[O-])c1C. The van der Waals surface area contributed by atoms with Gasteiger partial charge in [-0.2, -0.15) is 0 Å². The molecule has 0 atom stereocenters. The molecule has 0 saturated carbocycles. The summed E-state index contributed by atoms with van der Waals surface area (Å²) in [6, 6.07) is 5.19. The van der Waals surface area contributed by atoms with Gasteiger partial charge in [-0.15, -0.1) is 0 Å². The predicted molar refractivity (Wildman–Crippen MR) is 75.3 cm³/mol. The molecular formula is C14H22N2O3. The summed E-state index contributed by atoms with van der Waals surface area (Å²) in [5, 5.41) is 14.1. The van der Waals surface area contributed by atoms with E-state index in [-0.39, 0.29) is 10.6 Å². The van der Waals surface area contributed by atoms with Gasteiger partial charge in [0.25, 0.3) is 5.69 Å². The highest BCUT2D eigenvalue weighted by molar-refractivity contribution is 5.44. The number of nitro groups is 1. The minimum absolute atomic E-state index is 0.186. The van der Waals surface area contributed by atoms with Gasteiger partial charge >= 0.3 is 0 Å². The highest BCUT2D eigenvalue weighted by Gasteiger charge is 2.12. The molecule has 0 saturated heterocycles. The molecule has 0 amide bonds. The summed E-state index contributed by atoms with van der Waals surface area (Å²) in [7, 11) is 0. The van der Waals surface area contributed by atoms with Crippen LogP contribution in [0.15, 0.2) is 18.2 Å². The fourth-order valence-electron chi connectivity index (χ4n) is 1.83. The van der Waals surface area contributed by atoms with E-state index in [1.807, 2.05) is 6.07 Å². The fourth-order valence-corrected chi connectivity index (χ4v) is 1.83. The smallest absolute Gasteiger partial charge is 0.272 e. The van der Waals surface area contributed by atoms with Gasteiger partial charge in [0, 0.05) is 31.4 Å². The minimum atomic E-state index is -0.336. The van der Waals surface area contributed by atoms with Crippen LogP contribution < -0.4 is 5.32 Å². The fraction of sp³-hybridized carbons (Fsp3) is 0.571. The highest BCUT2D eigenvalue weighted by Crippen LogP contribution is 2.20. The number of hydrogen-bond acceptors (Lipinski definition) is 4. The van der Waals surface area contributed by atoms with Gasteiger partial charge in [-0.25, -0.2) is 0 Å². The van der Waals surface area contributed by atoms with Gasteiger partial charge in [-0.05, 0) is 31.9 Å². The van der Waals surface area contributed by atoms with Gasteiger partial charge in [0.1, 0.15) is 0 Å². The minimum Gasteiger partial charge on any atom is -0.381 e. The molecule has 5 heteroatoms. The highest BCUT2D eigenvalue weighted by atomic mass is 16.6. The van der Waals surface area contributed by atoms with Crippen molar-refractivity contribution in [2.75, 3.05) is 19.8 Å². The second-order valence-corrected chi connectivity index (χ2v) is 4.46. The number of hydrogen-bond donors (Lipinski definition) is 1. The Kier molecular flexibility index (Phi) is 7.07. The van der Waals surface area contributed by atoms with Gasteiger partial charge in [0.15, 0.2) is 0 Å². The lowest BCUT2D eigenvalue weighted by Crippen LogP contribution is -2.17. The molecule has 0 aliphatic carbocycles. The molecule has 5 nitrogen and oxygen atoms in total. The Bertz CT molecular complexity index is 408. The van der Waals surface area contributed by atoms with E-state index in [4.69, 9.17) is 4.74 Å². The topological polar surface area (TPSA) is 64.4 Å². The number of rotatable bonds is 9. The zero-order valence-corrected chi connectivity index (χ0v) is 11.6. The van der Waals surface area contributed by atoms with E-state index in [1.165, 1.54) is 6.07 Å². The standard InChI is InChI=1S/C14H22N2O3/c1-3-9-19-10-5-8-15-11-13-6-4-7-14(12(13)2)16(17)18/h4,6-7,15H,3,5,8-11H2,1-2H3. The van der Waals surface area contributed by atoms with Gasteiger partial charge in [0.05, 0.1) is 4.92 Å². The summed E-state index contributed by atoms with van der Waals surface area (Å²) in [5.41, 5.74) is 1.90. The average Bonchev–Trinajstić information content (AvgIpc) is 2.39. The lowest BCUT2D eigenvalue weighted by Gasteiger charge is -2.08. The van der Waals surface area contributed by atoms with Crippen LogP contribution in [0.2, 0.25) is 0 Å². The molecule has 0 heterocycles. The first kappa shape index (κ1) is 15.6. The third-order valence-electron chi connectivity index (χ3n) is 2.92. The Labute approximate surface area is 114 Å². The zero-order chi connectivity index (χ0) is 14.1. The van der Waals surface area contributed by atoms with Crippen molar-refractivity contribution in [1.82, 2.24) is 5.32 Å². The Hall–Kier alpha value is -1.46. The summed E-state index contributed by atoms with van der Waals surface area (Å²) in [4.78, 5) is 10.5. The quantitative estimate of drug-likeness (QED) is 0.424. The van der Waals surface area contributed by atoms with Crippen molar-refractivity contribution in [2.24, 2.45) is 0 Å². The van der Waals surface area contributed by atoms with E-state index >= 15 is 0 Å². The zero-order valence-electron chi connectivity index (χ0n) is 11.6. The number of benzene rings is 1. The maximum absolute atomic E-state index is 10.8. The first-order valence-corrected chi connectivity index (χ1v) is 6.68. The molecule has 0 radical (unpaired) electrons.